The molecule has 1 aromatic heterocycles. The smallest absolute Gasteiger partial charge is 0.341 e. The van der Waals surface area contributed by atoms with Crippen LogP contribution in [0.25, 0.3) is 0 Å². The summed E-state index contributed by atoms with van der Waals surface area (Å²) in [6.45, 7) is 4.86. The number of carbonyl (C=O) groups is 1. The number of esters is 1. The first kappa shape index (κ1) is 18.1. The van der Waals surface area contributed by atoms with Crippen molar-refractivity contribution in [3.63, 3.8) is 0 Å². The van der Waals surface area contributed by atoms with Gasteiger partial charge in [0, 0.05) is 24.7 Å². The van der Waals surface area contributed by atoms with Gasteiger partial charge in [-0.1, -0.05) is 12.8 Å². The lowest BCUT2D eigenvalue weighted by atomic mass is 9.78. The summed E-state index contributed by atoms with van der Waals surface area (Å²) in [6.07, 6.45) is 9.01. The van der Waals surface area contributed by atoms with Crippen LogP contribution >= 0.6 is 0 Å². The van der Waals surface area contributed by atoms with Crippen molar-refractivity contribution in [3.05, 3.63) is 17.5 Å². The largest absolute Gasteiger partial charge is 0.462 e. The second kappa shape index (κ2) is 8.13. The van der Waals surface area contributed by atoms with Gasteiger partial charge in [0.15, 0.2) is 0 Å². The second-order valence-corrected chi connectivity index (χ2v) is 7.16. The van der Waals surface area contributed by atoms with Crippen LogP contribution < -0.4 is 4.90 Å². The maximum absolute atomic E-state index is 12.0. The van der Waals surface area contributed by atoms with E-state index in [0.29, 0.717) is 29.7 Å². The molecule has 3 rings (SSSR count). The third-order valence-corrected chi connectivity index (χ3v) is 5.54. The quantitative estimate of drug-likeness (QED) is 0.844. The third kappa shape index (κ3) is 3.94. The first-order chi connectivity index (χ1) is 12.1. The molecule has 0 spiro atoms. The van der Waals surface area contributed by atoms with E-state index in [4.69, 9.17) is 4.74 Å². The van der Waals surface area contributed by atoms with Crippen LogP contribution in [-0.4, -0.2) is 46.3 Å². The van der Waals surface area contributed by atoms with Crippen LogP contribution in [0.4, 0.5) is 5.95 Å². The number of ether oxygens (including phenoxy) is 1. The summed E-state index contributed by atoms with van der Waals surface area (Å²) in [6, 6.07) is 0.289. The maximum atomic E-state index is 12.0. The fourth-order valence-corrected chi connectivity index (χ4v) is 4.24. The van der Waals surface area contributed by atoms with Crippen LogP contribution in [0.2, 0.25) is 0 Å². The molecule has 0 aromatic carbocycles. The molecule has 3 atom stereocenters. The highest BCUT2D eigenvalue weighted by Gasteiger charge is 2.36. The molecule has 1 N–H and O–H groups in total. The monoisotopic (exact) mass is 347 g/mol. The van der Waals surface area contributed by atoms with Gasteiger partial charge in [-0.2, -0.15) is 0 Å². The first-order valence-corrected chi connectivity index (χ1v) is 9.57. The Morgan fingerprint density at radius 1 is 1.28 bits per heavy atom. The predicted octanol–water partition coefficient (Wildman–Crippen LogP) is 2.87. The summed E-state index contributed by atoms with van der Waals surface area (Å²) >= 11 is 0. The minimum atomic E-state index is -0.371. The van der Waals surface area contributed by atoms with Gasteiger partial charge in [0.1, 0.15) is 0 Å². The molecule has 1 aliphatic heterocycles. The van der Waals surface area contributed by atoms with Crippen LogP contribution in [0, 0.1) is 12.8 Å². The molecule has 2 fully saturated rings. The zero-order valence-corrected chi connectivity index (χ0v) is 15.3. The topological polar surface area (TPSA) is 75.5 Å². The van der Waals surface area contributed by atoms with Crippen molar-refractivity contribution >= 4 is 11.9 Å². The van der Waals surface area contributed by atoms with Crippen molar-refractivity contribution < 1.29 is 14.6 Å². The number of aliphatic hydroxyl groups is 1. The van der Waals surface area contributed by atoms with Gasteiger partial charge in [-0.25, -0.2) is 14.8 Å². The Kier molecular flexibility index (Phi) is 5.89. The zero-order valence-electron chi connectivity index (χ0n) is 15.3. The molecule has 138 valence electrons. The van der Waals surface area contributed by atoms with Crippen molar-refractivity contribution in [2.75, 3.05) is 18.1 Å². The highest BCUT2D eigenvalue weighted by atomic mass is 16.5. The van der Waals surface area contributed by atoms with Crippen molar-refractivity contribution in [2.24, 2.45) is 5.92 Å². The van der Waals surface area contributed by atoms with Gasteiger partial charge in [-0.3, -0.25) is 0 Å². The molecular weight excluding hydrogens is 318 g/mol. The number of hydrogen-bond donors (Lipinski definition) is 1. The molecule has 1 aromatic rings. The van der Waals surface area contributed by atoms with E-state index >= 15 is 0 Å². The van der Waals surface area contributed by atoms with Gasteiger partial charge in [-0.05, 0) is 46.0 Å². The first-order valence-electron chi connectivity index (χ1n) is 9.57. The van der Waals surface area contributed by atoms with E-state index < -0.39 is 0 Å². The summed E-state index contributed by atoms with van der Waals surface area (Å²) in [4.78, 5) is 23.3. The molecule has 1 saturated heterocycles. The number of anilines is 1. The van der Waals surface area contributed by atoms with Crippen molar-refractivity contribution in [1.82, 2.24) is 9.97 Å². The summed E-state index contributed by atoms with van der Waals surface area (Å²) in [5.41, 5.74) is 1.08. The summed E-state index contributed by atoms with van der Waals surface area (Å²) in [5.74, 6) is 0.597. The summed E-state index contributed by atoms with van der Waals surface area (Å²) < 4.78 is 5.06. The van der Waals surface area contributed by atoms with Crippen LogP contribution in [0.3, 0.4) is 0 Å². The standard InChI is InChI=1S/C19H29N3O3/c1-3-25-18(24)15-12-20-19(21-13(15)2)22-11-7-6-9-16(22)14-8-4-5-10-17(14)23/h12,14,16-17,23H,3-11H2,1-2H3/t14-,16-,17-/m1/s1. The van der Waals surface area contributed by atoms with Gasteiger partial charge in [0.05, 0.1) is 24.0 Å². The Morgan fingerprint density at radius 2 is 2.04 bits per heavy atom. The van der Waals surface area contributed by atoms with Crippen molar-refractivity contribution in [1.29, 1.82) is 0 Å². The van der Waals surface area contributed by atoms with Gasteiger partial charge >= 0.3 is 5.97 Å². The fourth-order valence-electron chi connectivity index (χ4n) is 4.24. The highest BCUT2D eigenvalue weighted by molar-refractivity contribution is 5.90. The minimum absolute atomic E-state index is 0.223. The van der Waals surface area contributed by atoms with E-state index in [0.717, 1.165) is 38.6 Å². The fraction of sp³-hybridized carbons (Fsp3) is 0.737. The lowest BCUT2D eigenvalue weighted by Crippen LogP contribution is -2.49. The van der Waals surface area contributed by atoms with Crippen molar-refractivity contribution in [3.8, 4) is 0 Å². The number of nitrogens with zero attached hydrogens (tertiary/aromatic N) is 3. The van der Waals surface area contributed by atoms with Gasteiger partial charge in [-0.15, -0.1) is 0 Å². The van der Waals surface area contributed by atoms with Gasteiger partial charge < -0.3 is 14.7 Å². The zero-order chi connectivity index (χ0) is 17.8. The number of hydrogen-bond acceptors (Lipinski definition) is 6. The molecule has 25 heavy (non-hydrogen) atoms. The van der Waals surface area contributed by atoms with Gasteiger partial charge in [0.2, 0.25) is 5.95 Å². The Labute approximate surface area is 149 Å². The normalized spacial score (nSPS) is 27.2. The average molecular weight is 347 g/mol. The van der Waals surface area contributed by atoms with Crippen LogP contribution in [0.15, 0.2) is 6.20 Å². The third-order valence-electron chi connectivity index (χ3n) is 5.54. The van der Waals surface area contributed by atoms with E-state index in [1.54, 1.807) is 13.1 Å². The molecular formula is C19H29N3O3. The Hall–Kier alpha value is -1.69. The number of aliphatic hydroxyl groups excluding tert-OH is 1. The van der Waals surface area contributed by atoms with E-state index in [1.165, 1.54) is 12.8 Å². The minimum Gasteiger partial charge on any atom is -0.462 e. The molecule has 2 heterocycles. The lowest BCUT2D eigenvalue weighted by molar-refractivity contribution is 0.0490. The molecule has 1 saturated carbocycles. The SMILES string of the molecule is CCOC(=O)c1cnc(N2CCCC[C@@H]2[C@H]2CCCC[C@H]2O)nc1C. The molecule has 0 amide bonds. The Balaban J connectivity index is 1.82. The van der Waals surface area contributed by atoms with E-state index in [2.05, 4.69) is 14.9 Å². The maximum Gasteiger partial charge on any atom is 0.341 e. The second-order valence-electron chi connectivity index (χ2n) is 7.16. The molecule has 0 unspecified atom stereocenters. The van der Waals surface area contributed by atoms with Crippen LogP contribution in [0.1, 0.15) is 67.9 Å². The summed E-state index contributed by atoms with van der Waals surface area (Å²) in [7, 11) is 0. The van der Waals surface area contributed by atoms with Crippen LogP contribution in [-0.2, 0) is 4.74 Å². The molecule has 1 aliphatic carbocycles. The molecule has 2 aliphatic rings. The van der Waals surface area contributed by atoms with E-state index in [9.17, 15) is 9.90 Å². The average Bonchev–Trinajstić information content (AvgIpc) is 2.62. The lowest BCUT2D eigenvalue weighted by Gasteiger charge is -2.43. The number of rotatable bonds is 4. The summed E-state index contributed by atoms with van der Waals surface area (Å²) in [5, 5.41) is 10.5. The van der Waals surface area contributed by atoms with E-state index in [1.807, 2.05) is 6.92 Å². The van der Waals surface area contributed by atoms with Crippen LogP contribution in [0.5, 0.6) is 0 Å². The van der Waals surface area contributed by atoms with Gasteiger partial charge in [0.25, 0.3) is 0 Å². The highest BCUT2D eigenvalue weighted by Crippen LogP contribution is 2.35. The molecule has 0 radical (unpaired) electrons. The number of carbonyl (C=O) groups excluding carboxylic acids is 1. The number of aromatic nitrogens is 2. The Morgan fingerprint density at radius 3 is 2.76 bits per heavy atom. The predicted molar refractivity (Wildman–Crippen MR) is 95.7 cm³/mol. The molecule has 0 bridgehead atoms. The number of aryl methyl sites for hydroxylation is 1. The van der Waals surface area contributed by atoms with E-state index in [-0.39, 0.29) is 18.1 Å². The molecule has 6 heteroatoms. The molecule has 6 nitrogen and oxygen atoms in total. The Bertz CT molecular complexity index is 608. The van der Waals surface area contributed by atoms with Crippen molar-refractivity contribution in [2.45, 2.75) is 70.9 Å². The number of piperidine rings is 1.